The molecule has 0 aliphatic rings. The SMILES string of the molecule is O=C(O)CNC(=O)c1c(O)cc(-c2ccc(F)cc2)n2ncnc12. The fourth-order valence-electron chi connectivity index (χ4n) is 2.25. The summed E-state index contributed by atoms with van der Waals surface area (Å²) < 4.78 is 14.4. The van der Waals surface area contributed by atoms with Crippen LogP contribution in [-0.4, -0.2) is 43.2 Å². The highest BCUT2D eigenvalue weighted by Crippen LogP contribution is 2.29. The molecule has 0 unspecified atom stereocenters. The Morgan fingerprint density at radius 3 is 2.62 bits per heavy atom. The monoisotopic (exact) mass is 330 g/mol. The lowest BCUT2D eigenvalue weighted by Gasteiger charge is -2.10. The van der Waals surface area contributed by atoms with E-state index < -0.39 is 30.0 Å². The van der Waals surface area contributed by atoms with Gasteiger partial charge in [-0.15, -0.1) is 0 Å². The van der Waals surface area contributed by atoms with Crippen LogP contribution < -0.4 is 5.32 Å². The molecule has 1 aromatic carbocycles. The first-order chi connectivity index (χ1) is 11.5. The van der Waals surface area contributed by atoms with Crippen molar-refractivity contribution in [3.8, 4) is 17.0 Å². The molecular weight excluding hydrogens is 319 g/mol. The van der Waals surface area contributed by atoms with Crippen molar-refractivity contribution in [1.82, 2.24) is 19.9 Å². The number of nitrogens with one attached hydrogen (secondary N) is 1. The van der Waals surface area contributed by atoms with Gasteiger partial charge in [-0.3, -0.25) is 9.59 Å². The van der Waals surface area contributed by atoms with Crippen LogP contribution in [0.1, 0.15) is 10.4 Å². The van der Waals surface area contributed by atoms with E-state index in [-0.39, 0.29) is 11.2 Å². The molecule has 0 saturated carbocycles. The number of rotatable bonds is 4. The molecule has 122 valence electrons. The molecule has 1 amide bonds. The number of nitrogens with zero attached hydrogens (tertiary/aromatic N) is 3. The molecule has 3 aromatic rings. The number of carbonyl (C=O) groups is 2. The number of hydrogen-bond donors (Lipinski definition) is 3. The number of aliphatic carboxylic acids is 1. The second-order valence-corrected chi connectivity index (χ2v) is 4.87. The molecule has 3 N–H and O–H groups in total. The molecule has 3 rings (SSSR count). The number of fused-ring (bicyclic) bond motifs is 1. The van der Waals surface area contributed by atoms with Gasteiger partial charge in [-0.1, -0.05) is 0 Å². The Bertz CT molecular complexity index is 937. The Kier molecular flexibility index (Phi) is 3.82. The van der Waals surface area contributed by atoms with Gasteiger partial charge >= 0.3 is 5.97 Å². The van der Waals surface area contributed by atoms with Gasteiger partial charge in [0.25, 0.3) is 5.91 Å². The van der Waals surface area contributed by atoms with Crippen molar-refractivity contribution in [3.63, 3.8) is 0 Å². The minimum Gasteiger partial charge on any atom is -0.507 e. The van der Waals surface area contributed by atoms with Crippen molar-refractivity contribution < 1.29 is 24.2 Å². The van der Waals surface area contributed by atoms with Gasteiger partial charge in [0.15, 0.2) is 5.65 Å². The van der Waals surface area contributed by atoms with Crippen LogP contribution in [0.2, 0.25) is 0 Å². The van der Waals surface area contributed by atoms with Gasteiger partial charge < -0.3 is 15.5 Å². The van der Waals surface area contributed by atoms with E-state index in [1.54, 1.807) is 0 Å². The second-order valence-electron chi connectivity index (χ2n) is 4.87. The minimum absolute atomic E-state index is 0.0530. The lowest BCUT2D eigenvalue weighted by Crippen LogP contribution is -2.29. The molecule has 8 nitrogen and oxygen atoms in total. The van der Waals surface area contributed by atoms with Crippen LogP contribution in [0.4, 0.5) is 4.39 Å². The Morgan fingerprint density at radius 1 is 1.25 bits per heavy atom. The van der Waals surface area contributed by atoms with Crippen LogP contribution >= 0.6 is 0 Å². The molecule has 0 aliphatic carbocycles. The smallest absolute Gasteiger partial charge is 0.322 e. The number of carbonyl (C=O) groups excluding carboxylic acids is 1. The number of amides is 1. The highest BCUT2D eigenvalue weighted by molar-refractivity contribution is 6.03. The van der Waals surface area contributed by atoms with E-state index in [1.807, 2.05) is 0 Å². The fourth-order valence-corrected chi connectivity index (χ4v) is 2.25. The van der Waals surface area contributed by atoms with Gasteiger partial charge in [0.05, 0.1) is 5.69 Å². The van der Waals surface area contributed by atoms with Crippen molar-refractivity contribution in [3.05, 3.63) is 48.0 Å². The second kappa shape index (κ2) is 5.95. The molecule has 0 aliphatic heterocycles. The molecule has 0 radical (unpaired) electrons. The summed E-state index contributed by atoms with van der Waals surface area (Å²) in [6.45, 7) is -0.599. The molecule has 0 spiro atoms. The van der Waals surface area contributed by atoms with Crippen LogP contribution in [0.3, 0.4) is 0 Å². The third-order valence-electron chi connectivity index (χ3n) is 3.30. The van der Waals surface area contributed by atoms with Crippen LogP contribution in [0.15, 0.2) is 36.7 Å². The maximum Gasteiger partial charge on any atom is 0.322 e. The van der Waals surface area contributed by atoms with Crippen molar-refractivity contribution in [2.24, 2.45) is 0 Å². The summed E-state index contributed by atoms with van der Waals surface area (Å²) in [6, 6.07) is 6.78. The summed E-state index contributed by atoms with van der Waals surface area (Å²) in [6.07, 6.45) is 1.19. The average molecular weight is 330 g/mol. The summed E-state index contributed by atoms with van der Waals surface area (Å²) in [5.74, 6) is -2.82. The van der Waals surface area contributed by atoms with Gasteiger partial charge in [0, 0.05) is 11.6 Å². The van der Waals surface area contributed by atoms with E-state index in [1.165, 1.54) is 41.2 Å². The molecular formula is C15H11FN4O4. The summed E-state index contributed by atoms with van der Waals surface area (Å²) >= 11 is 0. The van der Waals surface area contributed by atoms with E-state index in [4.69, 9.17) is 5.11 Å². The molecule has 9 heteroatoms. The Balaban J connectivity index is 2.11. The number of aromatic nitrogens is 3. The van der Waals surface area contributed by atoms with Gasteiger partial charge in [0.2, 0.25) is 0 Å². The zero-order valence-electron chi connectivity index (χ0n) is 12.1. The standard InChI is InChI=1S/C15H11FN4O4/c16-9-3-1-8(2-4-9)10-5-11(21)13(14-18-7-19-20(10)14)15(24)17-6-12(22)23/h1-5,7,21H,6H2,(H,17,24)(H,22,23). The summed E-state index contributed by atoms with van der Waals surface area (Å²) in [7, 11) is 0. The third-order valence-corrected chi connectivity index (χ3v) is 3.30. The quantitative estimate of drug-likeness (QED) is 0.658. The number of carboxylic acid groups (broad SMARTS) is 1. The van der Waals surface area contributed by atoms with Crippen molar-refractivity contribution >= 4 is 17.5 Å². The lowest BCUT2D eigenvalue weighted by atomic mass is 10.1. The number of aromatic hydroxyl groups is 1. The first-order valence-electron chi connectivity index (χ1n) is 6.79. The van der Waals surface area contributed by atoms with Crippen LogP contribution in [-0.2, 0) is 4.79 Å². The Morgan fingerprint density at radius 2 is 1.96 bits per heavy atom. The van der Waals surface area contributed by atoms with E-state index in [9.17, 15) is 19.1 Å². The molecule has 0 bridgehead atoms. The van der Waals surface area contributed by atoms with Gasteiger partial charge in [-0.25, -0.2) is 13.9 Å². The lowest BCUT2D eigenvalue weighted by molar-refractivity contribution is -0.135. The van der Waals surface area contributed by atoms with Gasteiger partial charge in [-0.05, 0) is 24.3 Å². The van der Waals surface area contributed by atoms with Gasteiger partial charge in [-0.2, -0.15) is 5.10 Å². The normalized spacial score (nSPS) is 10.7. The van der Waals surface area contributed by atoms with E-state index in [2.05, 4.69) is 15.4 Å². The maximum absolute atomic E-state index is 13.1. The first kappa shape index (κ1) is 15.4. The highest BCUT2D eigenvalue weighted by atomic mass is 19.1. The average Bonchev–Trinajstić information content (AvgIpc) is 3.02. The molecule has 0 fully saturated rings. The molecule has 24 heavy (non-hydrogen) atoms. The minimum atomic E-state index is -1.22. The zero-order chi connectivity index (χ0) is 17.3. The van der Waals surface area contributed by atoms with Gasteiger partial charge in [0.1, 0.15) is 30.0 Å². The van der Waals surface area contributed by atoms with Crippen molar-refractivity contribution in [2.75, 3.05) is 6.54 Å². The molecule has 0 saturated heterocycles. The van der Waals surface area contributed by atoms with E-state index in [0.29, 0.717) is 11.3 Å². The van der Waals surface area contributed by atoms with Crippen LogP contribution in [0, 0.1) is 5.82 Å². The van der Waals surface area contributed by atoms with Crippen LogP contribution in [0.25, 0.3) is 16.9 Å². The van der Waals surface area contributed by atoms with Crippen molar-refractivity contribution in [2.45, 2.75) is 0 Å². The molecule has 0 atom stereocenters. The third kappa shape index (κ3) is 2.74. The van der Waals surface area contributed by atoms with E-state index >= 15 is 0 Å². The predicted octanol–water partition coefficient (Wildman–Crippen LogP) is 1.06. The topological polar surface area (TPSA) is 117 Å². The highest BCUT2D eigenvalue weighted by Gasteiger charge is 2.21. The molecule has 2 aromatic heterocycles. The summed E-state index contributed by atoms with van der Waals surface area (Å²) in [4.78, 5) is 26.6. The predicted molar refractivity (Wildman–Crippen MR) is 80.0 cm³/mol. The number of hydrogen-bond acceptors (Lipinski definition) is 5. The maximum atomic E-state index is 13.1. The summed E-state index contributed by atoms with van der Waals surface area (Å²) in [5.41, 5.74) is 0.811. The fraction of sp³-hybridized carbons (Fsp3) is 0.0667. The van der Waals surface area contributed by atoms with Crippen molar-refractivity contribution in [1.29, 1.82) is 0 Å². The number of benzene rings is 1. The number of pyridine rings is 1. The summed E-state index contributed by atoms with van der Waals surface area (Å²) in [5, 5.41) is 25.0. The molecule has 2 heterocycles. The largest absolute Gasteiger partial charge is 0.507 e. The first-order valence-corrected chi connectivity index (χ1v) is 6.79. The number of halogens is 1. The number of carboxylic acids is 1. The Hall–Kier alpha value is -3.49. The van der Waals surface area contributed by atoms with E-state index in [0.717, 1.165) is 0 Å². The van der Waals surface area contributed by atoms with Crippen LogP contribution in [0.5, 0.6) is 5.75 Å². The Labute approximate surface area is 134 Å². The zero-order valence-corrected chi connectivity index (χ0v) is 12.1.